The summed E-state index contributed by atoms with van der Waals surface area (Å²) in [7, 11) is 0. The van der Waals surface area contributed by atoms with Crippen molar-refractivity contribution in [3.05, 3.63) is 45.5 Å². The lowest BCUT2D eigenvalue weighted by Crippen LogP contribution is -2.45. The van der Waals surface area contributed by atoms with Crippen molar-refractivity contribution in [3.63, 3.8) is 0 Å². The third kappa shape index (κ3) is 7.45. The number of carbonyl (C=O) groups excluding carboxylic acids is 2. The van der Waals surface area contributed by atoms with Gasteiger partial charge in [-0.15, -0.1) is 11.3 Å². The first-order valence-electron chi connectivity index (χ1n) is 11.9. The molecule has 2 rings (SSSR count). The van der Waals surface area contributed by atoms with E-state index in [0.717, 1.165) is 21.8 Å². The Balaban J connectivity index is 2.37. The number of nitrogens with zero attached hydrogens (tertiary/aromatic N) is 1. The summed E-state index contributed by atoms with van der Waals surface area (Å²) in [4.78, 5) is 30.4. The van der Waals surface area contributed by atoms with Gasteiger partial charge in [0.15, 0.2) is 0 Å². The second-order valence-electron chi connectivity index (χ2n) is 10.0. The number of carbonyl (C=O) groups is 2. The summed E-state index contributed by atoms with van der Waals surface area (Å²) in [5.41, 5.74) is 1.57. The molecule has 6 nitrogen and oxygen atoms in total. The zero-order valence-electron chi connectivity index (χ0n) is 21.4. The molecular weight excluding hydrogens is 450 g/mol. The summed E-state index contributed by atoms with van der Waals surface area (Å²) < 4.78 is 5.79. The standard InChI is InChI=1S/C27H39NO5S/c1-16-9-8-10-17(2)25(31)19(4)26(32)27(6,7)23(29)14-24(30)33-22(12-11-16)18(3)13-21-15-34-20(5)28-21/h8,10-11,13,15,17,19,22-23,25,29,31H,9,12,14H2,1-7H3. The van der Waals surface area contributed by atoms with Crippen LogP contribution in [0.25, 0.3) is 6.08 Å². The number of cyclic esters (lactones) is 1. The number of hydrogen-bond acceptors (Lipinski definition) is 7. The van der Waals surface area contributed by atoms with E-state index in [4.69, 9.17) is 4.74 Å². The van der Waals surface area contributed by atoms with Crippen molar-refractivity contribution in [1.29, 1.82) is 0 Å². The van der Waals surface area contributed by atoms with E-state index < -0.39 is 35.6 Å². The first-order valence-corrected chi connectivity index (χ1v) is 12.7. The second kappa shape index (κ2) is 12.0. The molecule has 0 bridgehead atoms. The van der Waals surface area contributed by atoms with E-state index >= 15 is 0 Å². The normalized spacial score (nSPS) is 30.1. The Morgan fingerprint density at radius 3 is 2.53 bits per heavy atom. The number of allylic oxidation sites excluding steroid dienone is 2. The number of ether oxygens (including phenoxy) is 1. The van der Waals surface area contributed by atoms with E-state index in [1.165, 1.54) is 0 Å². The van der Waals surface area contributed by atoms with Crippen LogP contribution in [-0.2, 0) is 14.3 Å². The number of aryl methyl sites for hydroxylation is 1. The zero-order chi connectivity index (χ0) is 25.6. The first kappa shape index (κ1) is 28.1. The second-order valence-corrected chi connectivity index (χ2v) is 11.1. The number of esters is 1. The molecule has 34 heavy (non-hydrogen) atoms. The summed E-state index contributed by atoms with van der Waals surface area (Å²) in [5, 5.41) is 24.4. The van der Waals surface area contributed by atoms with E-state index in [0.29, 0.717) is 12.8 Å². The third-order valence-corrected chi connectivity index (χ3v) is 7.44. The quantitative estimate of drug-likeness (QED) is 0.446. The fourth-order valence-electron chi connectivity index (χ4n) is 4.05. The monoisotopic (exact) mass is 489 g/mol. The Kier molecular flexibility index (Phi) is 9.97. The predicted molar refractivity (Wildman–Crippen MR) is 136 cm³/mol. The third-order valence-electron chi connectivity index (χ3n) is 6.65. The Bertz CT molecular complexity index is 958. The predicted octanol–water partition coefficient (Wildman–Crippen LogP) is 5.04. The lowest BCUT2D eigenvalue weighted by Gasteiger charge is -2.34. The molecular formula is C27H39NO5S. The number of Topliss-reactive ketones (excluding diaryl/α,β-unsaturated/α-hetero) is 1. The van der Waals surface area contributed by atoms with Gasteiger partial charge in [0.05, 0.1) is 34.7 Å². The summed E-state index contributed by atoms with van der Waals surface area (Å²) in [6, 6.07) is 0. The molecule has 1 aromatic rings. The van der Waals surface area contributed by atoms with Crippen LogP contribution in [0.4, 0.5) is 0 Å². The number of aromatic nitrogens is 1. The number of ketones is 1. The van der Waals surface area contributed by atoms with Gasteiger partial charge in [0.2, 0.25) is 0 Å². The van der Waals surface area contributed by atoms with E-state index in [2.05, 4.69) is 4.98 Å². The highest BCUT2D eigenvalue weighted by atomic mass is 32.1. The SMILES string of the molecule is CC1=CCC(C(C)=Cc2csc(C)n2)OC(=O)CC(O)C(C)(C)C(=O)C(C)C(O)C(C)C=CC1. The van der Waals surface area contributed by atoms with Gasteiger partial charge in [-0.3, -0.25) is 9.59 Å². The molecule has 2 N–H and O–H groups in total. The Morgan fingerprint density at radius 1 is 1.24 bits per heavy atom. The van der Waals surface area contributed by atoms with Crippen molar-refractivity contribution in [3.8, 4) is 0 Å². The minimum Gasteiger partial charge on any atom is -0.457 e. The fourth-order valence-corrected chi connectivity index (χ4v) is 4.62. The maximum absolute atomic E-state index is 13.1. The van der Waals surface area contributed by atoms with Crippen LogP contribution in [0.5, 0.6) is 0 Å². The molecule has 0 saturated carbocycles. The molecule has 0 spiro atoms. The maximum Gasteiger partial charge on any atom is 0.309 e. The average Bonchev–Trinajstić information content (AvgIpc) is 3.18. The van der Waals surface area contributed by atoms with Crippen LogP contribution < -0.4 is 0 Å². The Morgan fingerprint density at radius 2 is 1.91 bits per heavy atom. The van der Waals surface area contributed by atoms with Gasteiger partial charge < -0.3 is 14.9 Å². The summed E-state index contributed by atoms with van der Waals surface area (Å²) >= 11 is 1.56. The summed E-state index contributed by atoms with van der Waals surface area (Å²) in [6.07, 6.45) is 6.13. The largest absolute Gasteiger partial charge is 0.457 e. The molecule has 2 heterocycles. The topological polar surface area (TPSA) is 96.7 Å². The van der Waals surface area contributed by atoms with E-state index in [1.54, 1.807) is 32.1 Å². The molecule has 1 aliphatic heterocycles. The molecule has 7 heteroatoms. The highest BCUT2D eigenvalue weighted by Crippen LogP contribution is 2.31. The van der Waals surface area contributed by atoms with Gasteiger partial charge in [0.25, 0.3) is 0 Å². The van der Waals surface area contributed by atoms with E-state index in [1.807, 2.05) is 57.4 Å². The minimum atomic E-state index is -1.23. The van der Waals surface area contributed by atoms with Crippen LogP contribution in [0.1, 0.15) is 71.5 Å². The van der Waals surface area contributed by atoms with Gasteiger partial charge in [0, 0.05) is 23.6 Å². The van der Waals surface area contributed by atoms with Crippen LogP contribution in [-0.4, -0.2) is 45.3 Å². The highest BCUT2D eigenvalue weighted by molar-refractivity contribution is 7.09. The molecule has 1 aliphatic rings. The van der Waals surface area contributed by atoms with Crippen LogP contribution in [0.15, 0.2) is 34.8 Å². The molecule has 0 fully saturated rings. The number of aliphatic hydroxyl groups excluding tert-OH is 2. The zero-order valence-corrected chi connectivity index (χ0v) is 22.2. The minimum absolute atomic E-state index is 0.225. The van der Waals surface area contributed by atoms with Gasteiger partial charge >= 0.3 is 5.97 Å². The van der Waals surface area contributed by atoms with Crippen molar-refractivity contribution in [2.24, 2.45) is 17.3 Å². The van der Waals surface area contributed by atoms with Gasteiger partial charge in [-0.25, -0.2) is 4.98 Å². The molecule has 5 unspecified atom stereocenters. The number of rotatable bonds is 2. The molecule has 0 amide bonds. The van der Waals surface area contributed by atoms with Crippen molar-refractivity contribution < 1.29 is 24.5 Å². The molecule has 0 aliphatic carbocycles. The van der Waals surface area contributed by atoms with Gasteiger partial charge in [0.1, 0.15) is 11.9 Å². The molecule has 0 radical (unpaired) electrons. The van der Waals surface area contributed by atoms with E-state index in [-0.39, 0.29) is 18.1 Å². The van der Waals surface area contributed by atoms with Crippen molar-refractivity contribution >= 4 is 29.2 Å². The first-order chi connectivity index (χ1) is 15.8. The molecule has 5 atom stereocenters. The maximum atomic E-state index is 13.1. The number of aliphatic hydroxyl groups is 2. The molecule has 0 saturated heterocycles. The number of hydrogen-bond donors (Lipinski definition) is 2. The van der Waals surface area contributed by atoms with Crippen LogP contribution in [0, 0.1) is 24.2 Å². The van der Waals surface area contributed by atoms with Gasteiger partial charge in [-0.2, -0.15) is 0 Å². The van der Waals surface area contributed by atoms with E-state index in [9.17, 15) is 19.8 Å². The van der Waals surface area contributed by atoms with Crippen LogP contribution >= 0.6 is 11.3 Å². The summed E-state index contributed by atoms with van der Waals surface area (Å²) in [5.74, 6) is -1.77. The van der Waals surface area contributed by atoms with Crippen LogP contribution in [0.2, 0.25) is 0 Å². The lowest BCUT2D eigenvalue weighted by atomic mass is 9.73. The Labute approximate surface area is 207 Å². The van der Waals surface area contributed by atoms with Crippen molar-refractivity contribution in [2.45, 2.75) is 86.0 Å². The number of thiazole rings is 1. The van der Waals surface area contributed by atoms with Gasteiger partial charge in [-0.05, 0) is 38.8 Å². The molecule has 0 aromatic carbocycles. The molecule has 188 valence electrons. The highest BCUT2D eigenvalue weighted by Gasteiger charge is 2.42. The molecule has 1 aromatic heterocycles. The fraction of sp³-hybridized carbons (Fsp3) is 0.593. The van der Waals surface area contributed by atoms with Crippen LogP contribution in [0.3, 0.4) is 0 Å². The Hall–Kier alpha value is -2.09. The summed E-state index contributed by atoms with van der Waals surface area (Å²) in [6.45, 7) is 12.6. The van der Waals surface area contributed by atoms with Crippen molar-refractivity contribution in [2.75, 3.05) is 0 Å². The average molecular weight is 490 g/mol. The van der Waals surface area contributed by atoms with Gasteiger partial charge in [-0.1, -0.05) is 51.5 Å². The van der Waals surface area contributed by atoms with Crippen molar-refractivity contribution in [1.82, 2.24) is 4.98 Å². The lowest BCUT2D eigenvalue weighted by molar-refractivity contribution is -0.154. The smallest absolute Gasteiger partial charge is 0.309 e.